The van der Waals surface area contributed by atoms with Gasteiger partial charge in [0, 0.05) is 24.5 Å². The number of nitrogens with one attached hydrogen (secondary N) is 2. The lowest BCUT2D eigenvalue weighted by Gasteiger charge is -2.12. The normalized spacial score (nSPS) is 10.3. The minimum atomic E-state index is -0.782. The number of ether oxygens (including phenoxy) is 2. The number of benzene rings is 2. The second-order valence-corrected chi connectivity index (χ2v) is 5.56. The van der Waals surface area contributed by atoms with Crippen LogP contribution in [0, 0.1) is 11.6 Å². The highest BCUT2D eigenvalue weighted by Crippen LogP contribution is 2.29. The summed E-state index contributed by atoms with van der Waals surface area (Å²) in [5, 5.41) is 5.31. The van der Waals surface area contributed by atoms with Crippen LogP contribution in [0.15, 0.2) is 48.8 Å². The SMILES string of the molecule is COc1ccc(OC)c(NC(=O)c2cnc(Nc3ccc(F)cc3F)nc2)c1. The average Bonchev–Trinajstić information content (AvgIpc) is 2.70. The summed E-state index contributed by atoms with van der Waals surface area (Å²) in [6.45, 7) is 0. The average molecular weight is 386 g/mol. The van der Waals surface area contributed by atoms with E-state index < -0.39 is 17.5 Å². The summed E-state index contributed by atoms with van der Waals surface area (Å²) in [5.74, 6) is -0.875. The Morgan fingerprint density at radius 1 is 0.964 bits per heavy atom. The Morgan fingerprint density at radius 2 is 1.71 bits per heavy atom. The molecule has 0 radical (unpaired) electrons. The van der Waals surface area contributed by atoms with E-state index in [4.69, 9.17) is 9.47 Å². The first-order valence-electron chi connectivity index (χ1n) is 8.07. The van der Waals surface area contributed by atoms with Crippen molar-refractivity contribution in [2.75, 3.05) is 24.9 Å². The first kappa shape index (κ1) is 19.0. The topological polar surface area (TPSA) is 85.4 Å². The molecular weight excluding hydrogens is 370 g/mol. The molecule has 2 aromatic carbocycles. The number of rotatable bonds is 6. The van der Waals surface area contributed by atoms with Crippen LogP contribution in [0.5, 0.6) is 11.5 Å². The number of nitrogens with zero attached hydrogens (tertiary/aromatic N) is 2. The zero-order valence-electron chi connectivity index (χ0n) is 15.0. The van der Waals surface area contributed by atoms with Crippen LogP contribution in [0.2, 0.25) is 0 Å². The van der Waals surface area contributed by atoms with Crippen molar-refractivity contribution in [3.05, 3.63) is 66.0 Å². The molecule has 0 fully saturated rings. The predicted octanol–water partition coefficient (Wildman–Crippen LogP) is 3.77. The number of carbonyl (C=O) groups is 1. The van der Waals surface area contributed by atoms with E-state index in [1.165, 1.54) is 32.7 Å². The summed E-state index contributed by atoms with van der Waals surface area (Å²) in [5.41, 5.74) is 0.608. The molecule has 1 aromatic heterocycles. The van der Waals surface area contributed by atoms with Gasteiger partial charge in [0.05, 0.1) is 31.2 Å². The minimum Gasteiger partial charge on any atom is -0.497 e. The Kier molecular flexibility index (Phi) is 5.64. The van der Waals surface area contributed by atoms with Gasteiger partial charge in [0.15, 0.2) is 0 Å². The van der Waals surface area contributed by atoms with Crippen LogP contribution in [0.25, 0.3) is 0 Å². The van der Waals surface area contributed by atoms with Crippen molar-refractivity contribution in [1.29, 1.82) is 0 Å². The fourth-order valence-electron chi connectivity index (χ4n) is 2.33. The third-order valence-electron chi connectivity index (χ3n) is 3.75. The second kappa shape index (κ2) is 8.30. The molecule has 28 heavy (non-hydrogen) atoms. The van der Waals surface area contributed by atoms with Gasteiger partial charge in [-0.2, -0.15) is 0 Å². The highest BCUT2D eigenvalue weighted by Gasteiger charge is 2.13. The van der Waals surface area contributed by atoms with Crippen LogP contribution in [-0.2, 0) is 0 Å². The van der Waals surface area contributed by atoms with Gasteiger partial charge < -0.3 is 20.1 Å². The first-order chi connectivity index (χ1) is 13.5. The van der Waals surface area contributed by atoms with E-state index in [2.05, 4.69) is 20.6 Å². The summed E-state index contributed by atoms with van der Waals surface area (Å²) in [6, 6.07) is 8.05. The van der Waals surface area contributed by atoms with Gasteiger partial charge in [0.25, 0.3) is 5.91 Å². The molecule has 0 unspecified atom stereocenters. The number of amides is 1. The highest BCUT2D eigenvalue weighted by atomic mass is 19.1. The van der Waals surface area contributed by atoms with E-state index in [1.54, 1.807) is 18.2 Å². The van der Waals surface area contributed by atoms with E-state index in [-0.39, 0.29) is 17.2 Å². The Bertz CT molecular complexity index is 997. The van der Waals surface area contributed by atoms with Crippen LogP contribution in [-0.4, -0.2) is 30.1 Å². The molecule has 0 spiro atoms. The van der Waals surface area contributed by atoms with Crippen molar-refractivity contribution in [1.82, 2.24) is 9.97 Å². The van der Waals surface area contributed by atoms with E-state index in [0.717, 1.165) is 12.1 Å². The maximum Gasteiger partial charge on any atom is 0.258 e. The van der Waals surface area contributed by atoms with Crippen molar-refractivity contribution in [2.24, 2.45) is 0 Å². The molecule has 1 heterocycles. The quantitative estimate of drug-likeness (QED) is 0.671. The molecule has 7 nitrogen and oxygen atoms in total. The first-order valence-corrected chi connectivity index (χ1v) is 8.07. The Morgan fingerprint density at radius 3 is 2.36 bits per heavy atom. The van der Waals surface area contributed by atoms with Crippen LogP contribution in [0.1, 0.15) is 10.4 Å². The van der Waals surface area contributed by atoms with Crippen LogP contribution in [0.4, 0.5) is 26.1 Å². The van der Waals surface area contributed by atoms with Crippen LogP contribution >= 0.6 is 0 Å². The smallest absolute Gasteiger partial charge is 0.258 e. The number of anilines is 3. The standard InChI is InChI=1S/C19H16F2N4O3/c1-27-13-4-6-17(28-2)16(8-13)24-18(26)11-9-22-19(23-10-11)25-15-5-3-12(20)7-14(15)21/h3-10H,1-2H3,(H,24,26)(H,22,23,25). The lowest BCUT2D eigenvalue weighted by molar-refractivity contribution is 0.102. The largest absolute Gasteiger partial charge is 0.497 e. The molecule has 9 heteroatoms. The molecule has 3 rings (SSSR count). The number of hydrogen-bond acceptors (Lipinski definition) is 6. The van der Waals surface area contributed by atoms with E-state index >= 15 is 0 Å². The Hall–Kier alpha value is -3.75. The number of halogens is 2. The van der Waals surface area contributed by atoms with Gasteiger partial charge in [-0.25, -0.2) is 18.7 Å². The zero-order chi connectivity index (χ0) is 20.1. The van der Waals surface area contributed by atoms with E-state index in [1.807, 2.05) is 0 Å². The monoisotopic (exact) mass is 386 g/mol. The summed E-state index contributed by atoms with van der Waals surface area (Å²) in [4.78, 5) is 20.4. The van der Waals surface area contributed by atoms with Crippen molar-refractivity contribution in [3.63, 3.8) is 0 Å². The third kappa shape index (κ3) is 4.32. The molecule has 0 aliphatic heterocycles. The number of carbonyl (C=O) groups excluding carboxylic acids is 1. The van der Waals surface area contributed by atoms with Crippen molar-refractivity contribution < 1.29 is 23.0 Å². The second-order valence-electron chi connectivity index (χ2n) is 5.56. The maximum atomic E-state index is 13.7. The fourth-order valence-corrected chi connectivity index (χ4v) is 2.33. The van der Waals surface area contributed by atoms with E-state index in [9.17, 15) is 13.6 Å². The highest BCUT2D eigenvalue weighted by molar-refractivity contribution is 6.04. The third-order valence-corrected chi connectivity index (χ3v) is 3.75. The zero-order valence-corrected chi connectivity index (χ0v) is 15.0. The van der Waals surface area contributed by atoms with Gasteiger partial charge in [-0.1, -0.05) is 0 Å². The van der Waals surface area contributed by atoms with Crippen molar-refractivity contribution in [2.45, 2.75) is 0 Å². The molecule has 0 aliphatic rings. The summed E-state index contributed by atoms with van der Waals surface area (Å²) >= 11 is 0. The number of methoxy groups -OCH3 is 2. The van der Waals surface area contributed by atoms with Gasteiger partial charge >= 0.3 is 0 Å². The van der Waals surface area contributed by atoms with E-state index in [0.29, 0.717) is 17.2 Å². The van der Waals surface area contributed by atoms with Crippen LogP contribution in [0.3, 0.4) is 0 Å². The molecule has 0 atom stereocenters. The molecule has 144 valence electrons. The predicted molar refractivity (Wildman–Crippen MR) is 99.2 cm³/mol. The van der Waals surface area contributed by atoms with Gasteiger partial charge in [-0.15, -0.1) is 0 Å². The van der Waals surface area contributed by atoms with Gasteiger partial charge in [-0.05, 0) is 24.3 Å². The maximum absolute atomic E-state index is 13.7. The molecule has 0 bridgehead atoms. The number of hydrogen-bond donors (Lipinski definition) is 2. The molecule has 1 amide bonds. The molecule has 0 saturated heterocycles. The summed E-state index contributed by atoms with van der Waals surface area (Å²) < 4.78 is 37.0. The molecule has 2 N–H and O–H groups in total. The van der Waals surface area contributed by atoms with Crippen molar-refractivity contribution in [3.8, 4) is 11.5 Å². The summed E-state index contributed by atoms with van der Waals surface area (Å²) in [7, 11) is 2.99. The molecule has 3 aromatic rings. The minimum absolute atomic E-state index is 0.0136. The Balaban J connectivity index is 1.73. The lowest BCUT2D eigenvalue weighted by Crippen LogP contribution is -2.14. The molecular formula is C19H16F2N4O3. The van der Waals surface area contributed by atoms with Gasteiger partial charge in [0.1, 0.15) is 23.1 Å². The summed E-state index contributed by atoms with van der Waals surface area (Å²) in [6.07, 6.45) is 2.55. The van der Waals surface area contributed by atoms with Crippen LogP contribution < -0.4 is 20.1 Å². The lowest BCUT2D eigenvalue weighted by atomic mass is 10.2. The van der Waals surface area contributed by atoms with Crippen molar-refractivity contribution >= 4 is 23.2 Å². The fraction of sp³-hybridized carbons (Fsp3) is 0.105. The number of aromatic nitrogens is 2. The van der Waals surface area contributed by atoms with Gasteiger partial charge in [0.2, 0.25) is 5.95 Å². The molecule has 0 aliphatic carbocycles. The Labute approximate surface area is 159 Å². The van der Waals surface area contributed by atoms with Gasteiger partial charge in [-0.3, -0.25) is 4.79 Å². The molecule has 0 saturated carbocycles.